The minimum Gasteiger partial charge on any atom is -0.457 e. The number of rotatable bonds is 3. The van der Waals surface area contributed by atoms with Gasteiger partial charge < -0.3 is 10.5 Å². The van der Waals surface area contributed by atoms with Gasteiger partial charge in [0.2, 0.25) is 0 Å². The molecule has 2 nitrogen and oxygen atoms in total. The number of halogens is 2. The first kappa shape index (κ1) is 13.5. The molecule has 0 saturated heterocycles. The molecule has 17 heavy (non-hydrogen) atoms. The lowest BCUT2D eigenvalue weighted by atomic mass is 10.2. The molecule has 0 atom stereocenters. The van der Waals surface area contributed by atoms with Crippen LogP contribution in [0.25, 0.3) is 0 Å². The summed E-state index contributed by atoms with van der Waals surface area (Å²) >= 11 is 0. The van der Waals surface area contributed by atoms with Gasteiger partial charge in [-0.3, -0.25) is 0 Å². The highest BCUT2D eigenvalue weighted by Gasteiger charge is 1.99. The SMILES string of the molecule is Cl.NCc1cccc(Oc2cccc(F)c2)c1. The largest absolute Gasteiger partial charge is 0.457 e. The molecule has 0 aliphatic heterocycles. The van der Waals surface area contributed by atoms with Gasteiger partial charge in [0.25, 0.3) is 0 Å². The molecule has 0 bridgehead atoms. The normalized spacial score (nSPS) is 9.53. The van der Waals surface area contributed by atoms with Crippen LogP contribution in [0.1, 0.15) is 5.56 Å². The molecular formula is C13H13ClFNO. The van der Waals surface area contributed by atoms with Crippen LogP contribution in [0.15, 0.2) is 48.5 Å². The van der Waals surface area contributed by atoms with Crippen molar-refractivity contribution in [1.29, 1.82) is 0 Å². The minimum atomic E-state index is -0.313. The third-order valence-electron chi connectivity index (χ3n) is 2.17. The Morgan fingerprint density at radius 2 is 1.65 bits per heavy atom. The van der Waals surface area contributed by atoms with E-state index in [-0.39, 0.29) is 18.2 Å². The smallest absolute Gasteiger partial charge is 0.130 e. The van der Waals surface area contributed by atoms with Gasteiger partial charge >= 0.3 is 0 Å². The Labute approximate surface area is 106 Å². The zero-order valence-electron chi connectivity index (χ0n) is 9.10. The van der Waals surface area contributed by atoms with Crippen molar-refractivity contribution in [3.8, 4) is 11.5 Å². The number of hydrogen-bond acceptors (Lipinski definition) is 2. The van der Waals surface area contributed by atoms with Crippen LogP contribution in [0.4, 0.5) is 4.39 Å². The van der Waals surface area contributed by atoms with Gasteiger partial charge in [-0.05, 0) is 29.8 Å². The molecular weight excluding hydrogens is 241 g/mol. The molecule has 2 N–H and O–H groups in total. The fraction of sp³-hybridized carbons (Fsp3) is 0.0769. The Hall–Kier alpha value is -1.58. The zero-order valence-corrected chi connectivity index (χ0v) is 9.91. The summed E-state index contributed by atoms with van der Waals surface area (Å²) < 4.78 is 18.4. The lowest BCUT2D eigenvalue weighted by molar-refractivity contribution is 0.476. The summed E-state index contributed by atoms with van der Waals surface area (Å²) in [7, 11) is 0. The highest BCUT2D eigenvalue weighted by molar-refractivity contribution is 5.85. The van der Waals surface area contributed by atoms with Crippen LogP contribution >= 0.6 is 12.4 Å². The Kier molecular flexibility index (Phi) is 4.94. The molecule has 0 heterocycles. The summed E-state index contributed by atoms with van der Waals surface area (Å²) in [6.45, 7) is 0.459. The van der Waals surface area contributed by atoms with E-state index in [1.807, 2.05) is 24.3 Å². The molecule has 0 aliphatic carbocycles. The van der Waals surface area contributed by atoms with Crippen LogP contribution in [-0.4, -0.2) is 0 Å². The van der Waals surface area contributed by atoms with Crippen molar-refractivity contribution in [1.82, 2.24) is 0 Å². The molecule has 0 unspecified atom stereocenters. The van der Waals surface area contributed by atoms with E-state index in [4.69, 9.17) is 10.5 Å². The topological polar surface area (TPSA) is 35.2 Å². The Morgan fingerprint density at radius 3 is 2.29 bits per heavy atom. The highest BCUT2D eigenvalue weighted by atomic mass is 35.5. The summed E-state index contributed by atoms with van der Waals surface area (Å²) in [4.78, 5) is 0. The monoisotopic (exact) mass is 253 g/mol. The summed E-state index contributed by atoms with van der Waals surface area (Å²) in [5, 5.41) is 0. The summed E-state index contributed by atoms with van der Waals surface area (Å²) in [5.41, 5.74) is 6.50. The third-order valence-corrected chi connectivity index (χ3v) is 2.17. The average Bonchev–Trinajstić information content (AvgIpc) is 2.29. The third kappa shape index (κ3) is 3.73. The summed E-state index contributed by atoms with van der Waals surface area (Å²) in [6.07, 6.45) is 0. The van der Waals surface area contributed by atoms with Crippen LogP contribution < -0.4 is 10.5 Å². The maximum atomic E-state index is 12.9. The molecule has 4 heteroatoms. The lowest BCUT2D eigenvalue weighted by Crippen LogP contribution is -1.96. The van der Waals surface area contributed by atoms with E-state index in [1.165, 1.54) is 12.1 Å². The van der Waals surface area contributed by atoms with Crippen molar-refractivity contribution in [2.45, 2.75) is 6.54 Å². The molecule has 2 aromatic carbocycles. The standard InChI is InChI=1S/C13H12FNO.ClH/c14-11-4-2-6-13(8-11)16-12-5-1-3-10(7-12)9-15;/h1-8H,9,15H2;1H. The second-order valence-corrected chi connectivity index (χ2v) is 3.41. The summed E-state index contributed by atoms with van der Waals surface area (Å²) in [5.74, 6) is 0.829. The van der Waals surface area contributed by atoms with Crippen molar-refractivity contribution >= 4 is 12.4 Å². The van der Waals surface area contributed by atoms with Crippen LogP contribution in [0, 0.1) is 5.82 Å². The van der Waals surface area contributed by atoms with Crippen molar-refractivity contribution in [2.24, 2.45) is 5.73 Å². The van der Waals surface area contributed by atoms with Crippen LogP contribution in [0.5, 0.6) is 11.5 Å². The fourth-order valence-corrected chi connectivity index (χ4v) is 1.40. The van der Waals surface area contributed by atoms with Gasteiger partial charge in [-0.1, -0.05) is 18.2 Å². The van der Waals surface area contributed by atoms with Crippen molar-refractivity contribution in [3.63, 3.8) is 0 Å². The molecule has 2 rings (SSSR count). The molecule has 0 amide bonds. The van der Waals surface area contributed by atoms with Crippen molar-refractivity contribution in [2.75, 3.05) is 0 Å². The predicted octanol–water partition coefficient (Wildman–Crippen LogP) is 3.50. The van der Waals surface area contributed by atoms with E-state index >= 15 is 0 Å². The Bertz CT molecular complexity index is 490. The van der Waals surface area contributed by atoms with E-state index < -0.39 is 0 Å². The van der Waals surface area contributed by atoms with Gasteiger partial charge in [0, 0.05) is 12.6 Å². The number of nitrogens with two attached hydrogens (primary N) is 1. The predicted molar refractivity (Wildman–Crippen MR) is 68.1 cm³/mol. The fourth-order valence-electron chi connectivity index (χ4n) is 1.40. The van der Waals surface area contributed by atoms with Crippen LogP contribution in [-0.2, 0) is 6.54 Å². The Balaban J connectivity index is 0.00000144. The van der Waals surface area contributed by atoms with Gasteiger partial charge in [-0.2, -0.15) is 0 Å². The second-order valence-electron chi connectivity index (χ2n) is 3.41. The first-order valence-corrected chi connectivity index (χ1v) is 5.00. The number of hydrogen-bond donors (Lipinski definition) is 1. The van der Waals surface area contributed by atoms with Gasteiger partial charge in [0.1, 0.15) is 17.3 Å². The van der Waals surface area contributed by atoms with Crippen LogP contribution in [0.3, 0.4) is 0 Å². The van der Waals surface area contributed by atoms with Crippen LogP contribution in [0.2, 0.25) is 0 Å². The molecule has 0 radical (unpaired) electrons. The van der Waals surface area contributed by atoms with E-state index in [9.17, 15) is 4.39 Å². The zero-order chi connectivity index (χ0) is 11.4. The first-order chi connectivity index (χ1) is 7.78. The van der Waals surface area contributed by atoms with E-state index in [1.54, 1.807) is 12.1 Å². The lowest BCUT2D eigenvalue weighted by Gasteiger charge is -2.06. The minimum absolute atomic E-state index is 0. The van der Waals surface area contributed by atoms with Gasteiger partial charge in [-0.15, -0.1) is 12.4 Å². The maximum Gasteiger partial charge on any atom is 0.130 e. The molecule has 90 valence electrons. The quantitative estimate of drug-likeness (QED) is 0.909. The molecule has 0 spiro atoms. The summed E-state index contributed by atoms with van der Waals surface area (Å²) in [6, 6.07) is 13.5. The maximum absolute atomic E-state index is 12.9. The number of benzene rings is 2. The molecule has 0 aliphatic rings. The first-order valence-electron chi connectivity index (χ1n) is 5.00. The van der Waals surface area contributed by atoms with E-state index in [0.717, 1.165) is 5.56 Å². The van der Waals surface area contributed by atoms with Gasteiger partial charge in [0.05, 0.1) is 0 Å². The molecule has 0 aromatic heterocycles. The van der Waals surface area contributed by atoms with E-state index in [2.05, 4.69) is 0 Å². The van der Waals surface area contributed by atoms with Gasteiger partial charge in [0.15, 0.2) is 0 Å². The molecule has 0 saturated carbocycles. The second kappa shape index (κ2) is 6.23. The molecule has 0 fully saturated rings. The average molecular weight is 254 g/mol. The van der Waals surface area contributed by atoms with E-state index in [0.29, 0.717) is 18.0 Å². The van der Waals surface area contributed by atoms with Crippen molar-refractivity contribution < 1.29 is 9.13 Å². The molecule has 2 aromatic rings. The van der Waals surface area contributed by atoms with Gasteiger partial charge in [-0.25, -0.2) is 4.39 Å². The van der Waals surface area contributed by atoms with Crippen molar-refractivity contribution in [3.05, 3.63) is 59.9 Å². The highest BCUT2D eigenvalue weighted by Crippen LogP contribution is 2.22. The Morgan fingerprint density at radius 1 is 1.00 bits per heavy atom. The number of ether oxygens (including phenoxy) is 1.